The van der Waals surface area contributed by atoms with Gasteiger partial charge >= 0.3 is 0 Å². The number of rotatable bonds is 3. The van der Waals surface area contributed by atoms with Crippen LogP contribution in [-0.4, -0.2) is 25.1 Å². The third-order valence-electron chi connectivity index (χ3n) is 4.01. The highest BCUT2D eigenvalue weighted by atomic mass is 14.9. The second kappa shape index (κ2) is 4.65. The predicted molar refractivity (Wildman–Crippen MR) is 70.6 cm³/mol. The van der Waals surface area contributed by atoms with Gasteiger partial charge < -0.3 is 10.6 Å². The van der Waals surface area contributed by atoms with E-state index in [4.69, 9.17) is 0 Å². The molecule has 2 fully saturated rings. The van der Waals surface area contributed by atoms with Crippen molar-refractivity contribution in [3.63, 3.8) is 0 Å². The second-order valence-electron chi connectivity index (χ2n) is 5.21. The molecule has 3 nitrogen and oxygen atoms in total. The van der Waals surface area contributed by atoms with Crippen molar-refractivity contribution in [1.29, 1.82) is 0 Å². The number of piperidine rings is 1. The maximum absolute atomic E-state index is 4.65. The van der Waals surface area contributed by atoms with Crippen molar-refractivity contribution in [2.24, 2.45) is 0 Å². The van der Waals surface area contributed by atoms with Gasteiger partial charge in [-0.3, -0.25) is 4.98 Å². The molecule has 0 spiro atoms. The first kappa shape index (κ1) is 11.0. The van der Waals surface area contributed by atoms with Gasteiger partial charge in [0.15, 0.2) is 0 Å². The van der Waals surface area contributed by atoms with Crippen LogP contribution < -0.4 is 10.6 Å². The van der Waals surface area contributed by atoms with E-state index in [1.165, 1.54) is 42.6 Å². The van der Waals surface area contributed by atoms with E-state index in [0.717, 1.165) is 19.0 Å². The molecule has 1 saturated carbocycles. The Morgan fingerprint density at radius 3 is 2.59 bits per heavy atom. The highest BCUT2D eigenvalue weighted by Gasteiger charge is 2.29. The fraction of sp³-hybridized carbons (Fsp3) is 0.643. The van der Waals surface area contributed by atoms with Gasteiger partial charge in [-0.25, -0.2) is 0 Å². The molecular weight excluding hydrogens is 210 g/mol. The van der Waals surface area contributed by atoms with Crippen LogP contribution in [-0.2, 0) is 0 Å². The normalized spacial score (nSPS) is 21.5. The standard InChI is InChI=1S/C14H21N3/c1-15-14-12(10-2-3-10)6-9-17-13(14)11-4-7-16-8-5-11/h6,9-11,15-16H,2-5,7-8H2,1H3. The van der Waals surface area contributed by atoms with Gasteiger partial charge in [0.25, 0.3) is 0 Å². The quantitative estimate of drug-likeness (QED) is 0.839. The molecule has 0 unspecified atom stereocenters. The summed E-state index contributed by atoms with van der Waals surface area (Å²) in [6.07, 6.45) is 7.15. The van der Waals surface area contributed by atoms with Crippen LogP contribution in [0.2, 0.25) is 0 Å². The predicted octanol–water partition coefficient (Wildman–Crippen LogP) is 2.47. The Morgan fingerprint density at radius 1 is 1.18 bits per heavy atom. The van der Waals surface area contributed by atoms with Gasteiger partial charge in [-0.05, 0) is 56.3 Å². The van der Waals surface area contributed by atoms with Crippen molar-refractivity contribution >= 4 is 5.69 Å². The zero-order valence-corrected chi connectivity index (χ0v) is 10.5. The first-order valence-electron chi connectivity index (χ1n) is 6.77. The summed E-state index contributed by atoms with van der Waals surface area (Å²) in [4.78, 5) is 4.65. The Kier molecular flexibility index (Phi) is 3.02. The van der Waals surface area contributed by atoms with Crippen LogP contribution in [0.3, 0.4) is 0 Å². The highest BCUT2D eigenvalue weighted by Crippen LogP contribution is 2.45. The minimum atomic E-state index is 0.636. The van der Waals surface area contributed by atoms with E-state index in [0.29, 0.717) is 5.92 Å². The van der Waals surface area contributed by atoms with E-state index < -0.39 is 0 Å². The SMILES string of the molecule is CNc1c(C2CC2)ccnc1C1CCNCC1. The summed E-state index contributed by atoms with van der Waals surface area (Å²) in [5, 5.41) is 6.82. The molecule has 1 aliphatic carbocycles. The molecule has 3 heteroatoms. The fourth-order valence-corrected chi connectivity index (χ4v) is 2.91. The molecule has 17 heavy (non-hydrogen) atoms. The van der Waals surface area contributed by atoms with Crippen LogP contribution in [0.5, 0.6) is 0 Å². The minimum absolute atomic E-state index is 0.636. The zero-order valence-electron chi connectivity index (χ0n) is 10.5. The van der Waals surface area contributed by atoms with E-state index in [9.17, 15) is 0 Å². The Morgan fingerprint density at radius 2 is 1.94 bits per heavy atom. The lowest BCUT2D eigenvalue weighted by molar-refractivity contribution is 0.454. The highest BCUT2D eigenvalue weighted by molar-refractivity contribution is 5.58. The van der Waals surface area contributed by atoms with Crippen LogP contribution in [0, 0.1) is 0 Å². The molecule has 2 aliphatic rings. The van der Waals surface area contributed by atoms with E-state index in [-0.39, 0.29) is 0 Å². The number of hydrogen-bond donors (Lipinski definition) is 2. The molecule has 1 saturated heterocycles. The monoisotopic (exact) mass is 231 g/mol. The molecule has 3 rings (SSSR count). The summed E-state index contributed by atoms with van der Waals surface area (Å²) in [6, 6.07) is 2.20. The summed E-state index contributed by atoms with van der Waals surface area (Å²) in [5.74, 6) is 1.43. The van der Waals surface area contributed by atoms with Gasteiger partial charge in [-0.15, -0.1) is 0 Å². The van der Waals surface area contributed by atoms with Gasteiger partial charge in [0.1, 0.15) is 0 Å². The molecule has 2 N–H and O–H groups in total. The van der Waals surface area contributed by atoms with E-state index in [1.54, 1.807) is 0 Å². The van der Waals surface area contributed by atoms with Crippen molar-refractivity contribution in [3.8, 4) is 0 Å². The molecule has 92 valence electrons. The van der Waals surface area contributed by atoms with Crippen LogP contribution in [0.25, 0.3) is 0 Å². The van der Waals surface area contributed by atoms with E-state index in [2.05, 4.69) is 21.7 Å². The van der Waals surface area contributed by atoms with Crippen molar-refractivity contribution < 1.29 is 0 Å². The minimum Gasteiger partial charge on any atom is -0.386 e. The maximum Gasteiger partial charge on any atom is 0.0669 e. The lowest BCUT2D eigenvalue weighted by atomic mass is 9.91. The van der Waals surface area contributed by atoms with E-state index in [1.807, 2.05) is 13.2 Å². The third-order valence-corrected chi connectivity index (χ3v) is 4.01. The van der Waals surface area contributed by atoms with Crippen molar-refractivity contribution in [1.82, 2.24) is 10.3 Å². The molecule has 0 atom stereocenters. The van der Waals surface area contributed by atoms with Gasteiger partial charge in [-0.2, -0.15) is 0 Å². The fourth-order valence-electron chi connectivity index (χ4n) is 2.91. The summed E-state index contributed by atoms with van der Waals surface area (Å²) < 4.78 is 0. The second-order valence-corrected chi connectivity index (χ2v) is 5.21. The molecule has 1 aromatic rings. The van der Waals surface area contributed by atoms with E-state index >= 15 is 0 Å². The molecule has 0 bridgehead atoms. The number of hydrogen-bond acceptors (Lipinski definition) is 3. The largest absolute Gasteiger partial charge is 0.386 e. The van der Waals surface area contributed by atoms with Gasteiger partial charge in [-0.1, -0.05) is 0 Å². The van der Waals surface area contributed by atoms with Gasteiger partial charge in [0.2, 0.25) is 0 Å². The van der Waals surface area contributed by atoms with Crippen LogP contribution in [0.1, 0.15) is 48.8 Å². The van der Waals surface area contributed by atoms with Crippen molar-refractivity contribution in [3.05, 3.63) is 23.5 Å². The lowest BCUT2D eigenvalue weighted by Gasteiger charge is -2.25. The Bertz CT molecular complexity index is 392. The number of pyridine rings is 1. The first-order chi connectivity index (χ1) is 8.40. The number of nitrogens with zero attached hydrogens (tertiary/aromatic N) is 1. The smallest absolute Gasteiger partial charge is 0.0669 e. The van der Waals surface area contributed by atoms with Gasteiger partial charge in [0, 0.05) is 19.2 Å². The van der Waals surface area contributed by atoms with Crippen molar-refractivity contribution in [2.45, 2.75) is 37.5 Å². The average molecular weight is 231 g/mol. The number of nitrogens with one attached hydrogen (secondary N) is 2. The molecule has 1 aliphatic heterocycles. The Labute approximate surface area is 103 Å². The maximum atomic E-state index is 4.65. The average Bonchev–Trinajstić information content (AvgIpc) is 3.23. The summed E-state index contributed by atoms with van der Waals surface area (Å²) >= 11 is 0. The molecule has 0 radical (unpaired) electrons. The Balaban J connectivity index is 1.93. The Hall–Kier alpha value is -1.09. The topological polar surface area (TPSA) is 37.0 Å². The molecule has 0 aromatic carbocycles. The molecule has 2 heterocycles. The summed E-state index contributed by atoms with van der Waals surface area (Å²) in [5.41, 5.74) is 4.12. The van der Waals surface area contributed by atoms with Crippen LogP contribution in [0.15, 0.2) is 12.3 Å². The number of aromatic nitrogens is 1. The summed E-state index contributed by atoms with van der Waals surface area (Å²) in [7, 11) is 2.04. The summed E-state index contributed by atoms with van der Waals surface area (Å²) in [6.45, 7) is 2.26. The third kappa shape index (κ3) is 2.16. The van der Waals surface area contributed by atoms with Crippen LogP contribution >= 0.6 is 0 Å². The van der Waals surface area contributed by atoms with Crippen molar-refractivity contribution in [2.75, 3.05) is 25.5 Å². The van der Waals surface area contributed by atoms with Gasteiger partial charge in [0.05, 0.1) is 11.4 Å². The molecular formula is C14H21N3. The first-order valence-corrected chi connectivity index (χ1v) is 6.77. The molecule has 0 amide bonds. The van der Waals surface area contributed by atoms with Crippen LogP contribution in [0.4, 0.5) is 5.69 Å². The molecule has 1 aromatic heterocycles. The zero-order chi connectivity index (χ0) is 11.7. The lowest BCUT2D eigenvalue weighted by Crippen LogP contribution is -2.27. The number of anilines is 1.